The zero-order valence-corrected chi connectivity index (χ0v) is 19.9. The molecule has 5 fully saturated rings. The highest BCUT2D eigenvalue weighted by molar-refractivity contribution is 5.75. The molecule has 0 aromatic heterocycles. The van der Waals surface area contributed by atoms with Gasteiger partial charge in [0.25, 0.3) is 0 Å². The molecule has 0 radical (unpaired) electrons. The topological polar surface area (TPSA) is 45.3 Å². The minimum Gasteiger partial charge on any atom is -0.462 e. The molecule has 6 rings (SSSR count). The van der Waals surface area contributed by atoms with Crippen molar-refractivity contribution in [2.45, 2.75) is 64.6 Å². The highest BCUT2D eigenvalue weighted by Crippen LogP contribution is 2.62. The Balaban J connectivity index is 1.12. The van der Waals surface area contributed by atoms with Gasteiger partial charge in [-0.1, -0.05) is 19.1 Å². The summed E-state index contributed by atoms with van der Waals surface area (Å²) < 4.78 is 12.1. The molecule has 5 aliphatic rings. The van der Waals surface area contributed by atoms with Gasteiger partial charge in [-0.15, -0.1) is 0 Å². The molecule has 0 bridgehead atoms. The van der Waals surface area contributed by atoms with Crippen LogP contribution in [0.15, 0.2) is 18.2 Å². The second-order valence-electron chi connectivity index (χ2n) is 11.7. The normalized spacial score (nSPS) is 41.3. The number of hydrogen-bond acceptors (Lipinski definition) is 5. The molecule has 0 amide bonds. The average Bonchev–Trinajstić information content (AvgIpc) is 3.47. The molecule has 3 heterocycles. The maximum absolute atomic E-state index is 13.0. The van der Waals surface area contributed by atoms with Crippen LogP contribution >= 0.6 is 0 Å². The number of nitrogens with zero attached hydrogens (tertiary/aromatic N) is 2. The van der Waals surface area contributed by atoms with E-state index >= 15 is 0 Å². The first-order valence-corrected chi connectivity index (χ1v) is 12.8. The maximum Gasteiger partial charge on any atom is 0.310 e. The lowest BCUT2D eigenvalue weighted by Crippen LogP contribution is -2.52. The summed E-state index contributed by atoms with van der Waals surface area (Å²) in [6.07, 6.45) is 6.00. The number of hydrogen-bond donors (Lipinski definition) is 0. The molecule has 0 unspecified atom stereocenters. The molecule has 6 atom stereocenters. The molecular weight excluding hydrogens is 400 g/mol. The summed E-state index contributed by atoms with van der Waals surface area (Å²) in [5.74, 6) is 1.07. The number of aryl methyl sites for hydroxylation is 2. The number of piperazine rings is 1. The monoisotopic (exact) mass is 438 g/mol. The Hall–Kier alpha value is -1.59. The van der Waals surface area contributed by atoms with Crippen molar-refractivity contribution in [2.24, 2.45) is 23.2 Å². The summed E-state index contributed by atoms with van der Waals surface area (Å²) in [5.41, 5.74) is 4.44. The summed E-state index contributed by atoms with van der Waals surface area (Å²) in [6, 6.07) is 6.72. The molecule has 5 nitrogen and oxygen atoms in total. The van der Waals surface area contributed by atoms with Crippen LogP contribution in [0.2, 0.25) is 0 Å². The first-order valence-electron chi connectivity index (χ1n) is 12.8. The van der Waals surface area contributed by atoms with E-state index in [9.17, 15) is 4.79 Å². The minimum absolute atomic E-state index is 0.0366. The Labute approximate surface area is 192 Å². The van der Waals surface area contributed by atoms with Gasteiger partial charge in [0.15, 0.2) is 0 Å². The highest BCUT2D eigenvalue weighted by atomic mass is 16.6. The number of carbonyl (C=O) groups excluding carboxylic acids is 1. The first-order chi connectivity index (χ1) is 15.4. The maximum atomic E-state index is 13.0. The van der Waals surface area contributed by atoms with E-state index in [1.54, 1.807) is 0 Å². The highest BCUT2D eigenvalue weighted by Gasteiger charge is 2.65. The molecule has 3 saturated heterocycles. The van der Waals surface area contributed by atoms with E-state index in [1.165, 1.54) is 36.1 Å². The van der Waals surface area contributed by atoms with Crippen molar-refractivity contribution in [1.82, 2.24) is 4.90 Å². The summed E-state index contributed by atoms with van der Waals surface area (Å²) in [7, 11) is 0. The largest absolute Gasteiger partial charge is 0.462 e. The van der Waals surface area contributed by atoms with Crippen molar-refractivity contribution in [3.05, 3.63) is 29.3 Å². The van der Waals surface area contributed by atoms with Gasteiger partial charge >= 0.3 is 5.97 Å². The third-order valence-corrected chi connectivity index (χ3v) is 9.61. The number of rotatable bonds is 3. The minimum atomic E-state index is 0.0366. The predicted octanol–water partition coefficient (Wildman–Crippen LogP) is 3.95. The fraction of sp³-hybridized carbons (Fsp3) is 0.741. The van der Waals surface area contributed by atoms with Crippen LogP contribution in [-0.4, -0.2) is 61.9 Å². The van der Waals surface area contributed by atoms with Gasteiger partial charge in [0.05, 0.1) is 18.1 Å². The van der Waals surface area contributed by atoms with Gasteiger partial charge in [-0.05, 0) is 74.5 Å². The quantitative estimate of drug-likeness (QED) is 0.528. The van der Waals surface area contributed by atoms with Crippen molar-refractivity contribution >= 4 is 11.7 Å². The molecule has 32 heavy (non-hydrogen) atoms. The molecule has 3 aliphatic heterocycles. The van der Waals surface area contributed by atoms with Crippen LogP contribution < -0.4 is 4.90 Å². The fourth-order valence-electron chi connectivity index (χ4n) is 7.68. The van der Waals surface area contributed by atoms with Gasteiger partial charge in [-0.25, -0.2) is 0 Å². The number of fused-ring (bicyclic) bond motifs is 3. The van der Waals surface area contributed by atoms with Crippen molar-refractivity contribution < 1.29 is 14.3 Å². The SMILES string of the molecule is Cc1ccc(C)c(N2CCN(C[C@@H]3C(=O)O[C@@H]4C[C@@]5(C)CCC[C@@]6(CO6)[C@H]5C[C@@H]34)CC2)c1. The smallest absolute Gasteiger partial charge is 0.310 e. The molecule has 0 N–H and O–H groups in total. The number of esters is 1. The average molecular weight is 439 g/mol. The Morgan fingerprint density at radius 2 is 1.91 bits per heavy atom. The van der Waals surface area contributed by atoms with E-state index < -0.39 is 0 Å². The van der Waals surface area contributed by atoms with Gasteiger partial charge in [0.2, 0.25) is 0 Å². The van der Waals surface area contributed by atoms with Gasteiger partial charge < -0.3 is 14.4 Å². The van der Waals surface area contributed by atoms with Gasteiger partial charge in [-0.2, -0.15) is 0 Å². The van der Waals surface area contributed by atoms with Gasteiger partial charge in [-0.3, -0.25) is 9.69 Å². The van der Waals surface area contributed by atoms with Crippen LogP contribution in [0.5, 0.6) is 0 Å². The zero-order chi connectivity index (χ0) is 22.1. The van der Waals surface area contributed by atoms with Gasteiger partial charge in [0.1, 0.15) is 6.10 Å². The van der Waals surface area contributed by atoms with Crippen molar-refractivity contribution in [2.75, 3.05) is 44.2 Å². The van der Waals surface area contributed by atoms with Crippen molar-refractivity contribution in [3.63, 3.8) is 0 Å². The standard InChI is InChI=1S/C27H38N2O3/c1-18-5-6-19(2)22(13-18)29-11-9-28(10-12-29)16-21-20-14-24-26(3,15-23(20)32-25(21)30)7-4-8-27(24)17-31-27/h5-6,13,20-21,23-24H,4,7-12,14-17H2,1-3H3/t20-,21-,23+,24-,26+,27+/m0/s1. The lowest BCUT2D eigenvalue weighted by molar-refractivity contribution is -0.147. The Kier molecular flexibility index (Phi) is 4.89. The van der Waals surface area contributed by atoms with Crippen molar-refractivity contribution in [1.29, 1.82) is 0 Å². The van der Waals surface area contributed by atoms with E-state index in [4.69, 9.17) is 9.47 Å². The second kappa shape index (κ2) is 7.46. The first kappa shape index (κ1) is 21.0. The Morgan fingerprint density at radius 3 is 2.66 bits per heavy atom. The lowest BCUT2D eigenvalue weighted by Gasteiger charge is -2.51. The van der Waals surface area contributed by atoms with Crippen LogP contribution in [0.25, 0.3) is 0 Å². The van der Waals surface area contributed by atoms with E-state index in [0.29, 0.717) is 11.8 Å². The van der Waals surface area contributed by atoms with E-state index in [0.717, 1.165) is 52.2 Å². The van der Waals surface area contributed by atoms with Gasteiger partial charge in [0, 0.05) is 44.3 Å². The molecular formula is C27H38N2O3. The lowest BCUT2D eigenvalue weighted by atomic mass is 9.53. The zero-order valence-electron chi connectivity index (χ0n) is 19.9. The van der Waals surface area contributed by atoms with Crippen LogP contribution in [0.4, 0.5) is 5.69 Å². The molecule has 1 aromatic rings. The summed E-state index contributed by atoms with van der Waals surface area (Å²) in [6.45, 7) is 12.7. The summed E-state index contributed by atoms with van der Waals surface area (Å²) in [4.78, 5) is 18.0. The number of benzene rings is 1. The fourth-order valence-corrected chi connectivity index (χ4v) is 7.68. The summed E-state index contributed by atoms with van der Waals surface area (Å²) >= 11 is 0. The van der Waals surface area contributed by atoms with Crippen LogP contribution in [0, 0.1) is 37.0 Å². The molecule has 174 valence electrons. The molecule has 1 aromatic carbocycles. The van der Waals surface area contributed by atoms with Crippen LogP contribution in [-0.2, 0) is 14.3 Å². The number of carbonyl (C=O) groups is 1. The second-order valence-corrected chi connectivity index (χ2v) is 11.7. The number of anilines is 1. The molecule has 5 heteroatoms. The number of epoxide rings is 1. The van der Waals surface area contributed by atoms with Crippen molar-refractivity contribution in [3.8, 4) is 0 Å². The third-order valence-electron chi connectivity index (χ3n) is 9.61. The Morgan fingerprint density at radius 1 is 1.12 bits per heavy atom. The summed E-state index contributed by atoms with van der Waals surface area (Å²) in [5, 5.41) is 0. The van der Waals surface area contributed by atoms with E-state index in [-0.39, 0.29) is 29.0 Å². The Bertz CT molecular complexity index is 904. The molecule has 2 saturated carbocycles. The predicted molar refractivity (Wildman–Crippen MR) is 125 cm³/mol. The van der Waals surface area contributed by atoms with Crippen LogP contribution in [0.3, 0.4) is 0 Å². The molecule has 1 spiro atoms. The van der Waals surface area contributed by atoms with Crippen LogP contribution in [0.1, 0.15) is 50.2 Å². The number of ether oxygens (including phenoxy) is 2. The van der Waals surface area contributed by atoms with E-state index in [2.05, 4.69) is 48.8 Å². The molecule has 2 aliphatic carbocycles. The van der Waals surface area contributed by atoms with E-state index in [1.807, 2.05) is 0 Å². The third kappa shape index (κ3) is 3.38.